The molecule has 0 saturated carbocycles. The smallest absolute Gasteiger partial charge is 0.408 e. The van der Waals surface area contributed by atoms with Gasteiger partial charge in [0.1, 0.15) is 31.9 Å². The molecule has 0 aromatic heterocycles. The van der Waals surface area contributed by atoms with E-state index in [1.54, 1.807) is 91.0 Å². The van der Waals surface area contributed by atoms with Crippen molar-refractivity contribution in [1.82, 2.24) is 10.6 Å². The third kappa shape index (κ3) is 11.2. The molecule has 11 heteroatoms. The third-order valence-electron chi connectivity index (χ3n) is 5.64. The number of alkyl carbamates (subject to hydrolysis) is 1. The number of carboxylic acid groups (broad SMARTS) is 1. The highest BCUT2D eigenvalue weighted by atomic mass is 16.6. The van der Waals surface area contributed by atoms with Crippen LogP contribution < -0.4 is 10.6 Å². The van der Waals surface area contributed by atoms with E-state index in [0.29, 0.717) is 16.7 Å². The average Bonchev–Trinajstić information content (AvgIpc) is 2.98. The maximum absolute atomic E-state index is 13.1. The second-order valence-corrected chi connectivity index (χ2v) is 8.86. The van der Waals surface area contributed by atoms with Crippen LogP contribution in [0.5, 0.6) is 0 Å². The minimum atomic E-state index is -1.59. The Labute approximate surface area is 236 Å². The van der Waals surface area contributed by atoms with Gasteiger partial charge in [0.15, 0.2) is 0 Å². The van der Waals surface area contributed by atoms with Gasteiger partial charge in [-0.2, -0.15) is 0 Å². The van der Waals surface area contributed by atoms with Crippen LogP contribution in [0.15, 0.2) is 91.0 Å². The molecular formula is C30H30N2O9. The monoisotopic (exact) mass is 562 g/mol. The van der Waals surface area contributed by atoms with Crippen LogP contribution in [0, 0.1) is 0 Å². The molecule has 0 aliphatic rings. The molecule has 3 aromatic carbocycles. The van der Waals surface area contributed by atoms with E-state index in [1.807, 2.05) is 0 Å². The molecule has 3 aromatic rings. The summed E-state index contributed by atoms with van der Waals surface area (Å²) in [5, 5.41) is 13.9. The van der Waals surface area contributed by atoms with Gasteiger partial charge in [0, 0.05) is 0 Å². The summed E-state index contributed by atoms with van der Waals surface area (Å²) in [7, 11) is 0. The first-order chi connectivity index (χ1) is 19.8. The fraction of sp³-hybridized carbons (Fsp3) is 0.233. The van der Waals surface area contributed by atoms with Crippen molar-refractivity contribution in [2.75, 3.05) is 0 Å². The zero-order chi connectivity index (χ0) is 29.5. The number of nitrogens with one attached hydrogen (secondary N) is 2. The van der Waals surface area contributed by atoms with Gasteiger partial charge in [0.05, 0.1) is 12.8 Å². The summed E-state index contributed by atoms with van der Waals surface area (Å²) < 4.78 is 15.6. The van der Waals surface area contributed by atoms with E-state index in [1.165, 1.54) is 0 Å². The van der Waals surface area contributed by atoms with Crippen molar-refractivity contribution in [3.8, 4) is 0 Å². The summed E-state index contributed by atoms with van der Waals surface area (Å²) in [5.74, 6) is -4.19. The number of carbonyl (C=O) groups is 5. The SMILES string of the molecule is O=C(O)CC(NC(=O)C(CC(=O)OCc1ccccc1)NC(=O)OCc1ccccc1)C(=O)OCc1ccccc1. The fourth-order valence-corrected chi connectivity index (χ4v) is 3.55. The summed E-state index contributed by atoms with van der Waals surface area (Å²) in [4.78, 5) is 62.3. The molecule has 41 heavy (non-hydrogen) atoms. The largest absolute Gasteiger partial charge is 0.481 e. The van der Waals surface area contributed by atoms with Crippen molar-refractivity contribution in [3.63, 3.8) is 0 Å². The molecule has 2 unspecified atom stereocenters. The molecule has 0 radical (unpaired) electrons. The summed E-state index contributed by atoms with van der Waals surface area (Å²) in [5.41, 5.74) is 2.05. The standard InChI is InChI=1S/C30H30N2O9/c33-26(34)16-25(29(37)40-19-22-12-6-2-7-13-22)31-28(36)24(17-27(35)39-18-21-10-4-1-5-11-21)32-30(38)41-20-23-14-8-3-9-15-23/h1-15,24-25H,16-20H2,(H,31,36)(H,32,38)(H,33,34). The van der Waals surface area contributed by atoms with Crippen molar-refractivity contribution in [2.24, 2.45) is 0 Å². The second kappa shape index (κ2) is 16.0. The second-order valence-electron chi connectivity index (χ2n) is 8.86. The zero-order valence-electron chi connectivity index (χ0n) is 22.1. The van der Waals surface area contributed by atoms with Gasteiger partial charge in [-0.25, -0.2) is 9.59 Å². The van der Waals surface area contributed by atoms with Crippen LogP contribution in [0.2, 0.25) is 0 Å². The number of carboxylic acids is 1. The van der Waals surface area contributed by atoms with E-state index in [0.717, 1.165) is 0 Å². The van der Waals surface area contributed by atoms with Crippen molar-refractivity contribution < 1.29 is 43.3 Å². The number of aliphatic carboxylic acids is 1. The van der Waals surface area contributed by atoms with Crippen molar-refractivity contribution >= 4 is 29.9 Å². The predicted octanol–water partition coefficient (Wildman–Crippen LogP) is 3.12. The number of rotatable bonds is 14. The third-order valence-corrected chi connectivity index (χ3v) is 5.64. The van der Waals surface area contributed by atoms with Gasteiger partial charge in [0.25, 0.3) is 0 Å². The summed E-state index contributed by atoms with van der Waals surface area (Å²) in [6.07, 6.45) is -2.41. The number of amides is 2. The Balaban J connectivity index is 1.66. The molecule has 214 valence electrons. The molecule has 11 nitrogen and oxygen atoms in total. The lowest BCUT2D eigenvalue weighted by Crippen LogP contribution is -2.53. The molecule has 3 rings (SSSR count). The average molecular weight is 563 g/mol. The number of ether oxygens (including phenoxy) is 3. The maximum atomic E-state index is 13.1. The Kier molecular flexibility index (Phi) is 11.9. The van der Waals surface area contributed by atoms with E-state index < -0.39 is 54.8 Å². The highest BCUT2D eigenvalue weighted by Gasteiger charge is 2.31. The molecule has 2 amide bonds. The Morgan fingerprint density at radius 1 is 0.585 bits per heavy atom. The Morgan fingerprint density at radius 2 is 1.05 bits per heavy atom. The maximum Gasteiger partial charge on any atom is 0.408 e. The Bertz CT molecular complexity index is 1240. The van der Waals surface area contributed by atoms with E-state index in [-0.39, 0.29) is 19.8 Å². The van der Waals surface area contributed by atoms with Crippen LogP contribution in [-0.4, -0.2) is 47.1 Å². The van der Waals surface area contributed by atoms with E-state index in [4.69, 9.17) is 14.2 Å². The first-order valence-corrected chi connectivity index (χ1v) is 12.7. The summed E-state index contributed by atoms with van der Waals surface area (Å²) >= 11 is 0. The highest BCUT2D eigenvalue weighted by Crippen LogP contribution is 2.08. The van der Waals surface area contributed by atoms with Crippen LogP contribution in [0.3, 0.4) is 0 Å². The number of benzene rings is 3. The molecule has 0 aliphatic heterocycles. The van der Waals surface area contributed by atoms with E-state index >= 15 is 0 Å². The highest BCUT2D eigenvalue weighted by molar-refractivity contribution is 5.93. The molecule has 2 atom stereocenters. The van der Waals surface area contributed by atoms with Crippen LogP contribution >= 0.6 is 0 Å². The number of hydrogen-bond donors (Lipinski definition) is 3. The lowest BCUT2D eigenvalue weighted by atomic mass is 10.1. The topological polar surface area (TPSA) is 157 Å². The quantitative estimate of drug-likeness (QED) is 0.198. The molecule has 0 fully saturated rings. The molecule has 0 bridgehead atoms. The van der Waals surface area contributed by atoms with E-state index in [9.17, 15) is 29.1 Å². The van der Waals surface area contributed by atoms with Crippen molar-refractivity contribution in [2.45, 2.75) is 44.7 Å². The number of esters is 2. The molecule has 0 saturated heterocycles. The minimum absolute atomic E-state index is 0.0695. The minimum Gasteiger partial charge on any atom is -0.481 e. The molecule has 3 N–H and O–H groups in total. The predicted molar refractivity (Wildman–Crippen MR) is 145 cm³/mol. The molecule has 0 heterocycles. The summed E-state index contributed by atoms with van der Waals surface area (Å²) in [6, 6.07) is 23.1. The van der Waals surface area contributed by atoms with Gasteiger partial charge in [-0.05, 0) is 16.7 Å². The van der Waals surface area contributed by atoms with Crippen LogP contribution in [0.1, 0.15) is 29.5 Å². The molecular weight excluding hydrogens is 532 g/mol. The molecule has 0 aliphatic carbocycles. The zero-order valence-corrected chi connectivity index (χ0v) is 22.1. The van der Waals surface area contributed by atoms with Crippen LogP contribution in [-0.2, 0) is 53.2 Å². The fourth-order valence-electron chi connectivity index (χ4n) is 3.55. The van der Waals surface area contributed by atoms with Crippen molar-refractivity contribution in [3.05, 3.63) is 108 Å². The first-order valence-electron chi connectivity index (χ1n) is 12.7. The Hall–Kier alpha value is -5.19. The van der Waals surface area contributed by atoms with Crippen LogP contribution in [0.4, 0.5) is 4.79 Å². The number of hydrogen-bond acceptors (Lipinski definition) is 8. The lowest BCUT2D eigenvalue weighted by molar-refractivity contribution is -0.153. The van der Waals surface area contributed by atoms with Gasteiger partial charge < -0.3 is 30.0 Å². The van der Waals surface area contributed by atoms with Crippen LogP contribution in [0.25, 0.3) is 0 Å². The normalized spacial score (nSPS) is 11.8. The van der Waals surface area contributed by atoms with Gasteiger partial charge in [-0.15, -0.1) is 0 Å². The molecule has 0 spiro atoms. The Morgan fingerprint density at radius 3 is 1.54 bits per heavy atom. The van der Waals surface area contributed by atoms with Gasteiger partial charge in [0.2, 0.25) is 5.91 Å². The van der Waals surface area contributed by atoms with Crippen molar-refractivity contribution in [1.29, 1.82) is 0 Å². The van der Waals surface area contributed by atoms with E-state index in [2.05, 4.69) is 10.6 Å². The van der Waals surface area contributed by atoms with Gasteiger partial charge in [-0.3, -0.25) is 14.4 Å². The van der Waals surface area contributed by atoms with Gasteiger partial charge >= 0.3 is 24.0 Å². The lowest BCUT2D eigenvalue weighted by Gasteiger charge is -2.21. The first kappa shape index (κ1) is 30.4. The van der Waals surface area contributed by atoms with Gasteiger partial charge in [-0.1, -0.05) is 91.0 Å². The number of carbonyl (C=O) groups excluding carboxylic acids is 4. The summed E-state index contributed by atoms with van der Waals surface area (Å²) in [6.45, 7) is -0.322.